The van der Waals surface area contributed by atoms with Crippen molar-refractivity contribution in [3.05, 3.63) is 22.2 Å². The van der Waals surface area contributed by atoms with Crippen LogP contribution in [0.5, 0.6) is 0 Å². The van der Waals surface area contributed by atoms with Crippen molar-refractivity contribution in [1.29, 1.82) is 0 Å². The fourth-order valence-electron chi connectivity index (χ4n) is 1.70. The van der Waals surface area contributed by atoms with Gasteiger partial charge in [-0.15, -0.1) is 0 Å². The molecule has 0 bridgehead atoms. The van der Waals surface area contributed by atoms with E-state index < -0.39 is 0 Å². The van der Waals surface area contributed by atoms with Gasteiger partial charge in [0.1, 0.15) is 0 Å². The molecule has 0 aromatic carbocycles. The van der Waals surface area contributed by atoms with Crippen LogP contribution < -0.4 is 0 Å². The van der Waals surface area contributed by atoms with E-state index in [9.17, 15) is 0 Å². The molecule has 0 atom stereocenters. The second-order valence-corrected chi connectivity index (χ2v) is 5.73. The summed E-state index contributed by atoms with van der Waals surface area (Å²) in [5, 5.41) is 0. The first kappa shape index (κ1) is 15.4. The van der Waals surface area contributed by atoms with Crippen LogP contribution >= 0.6 is 15.9 Å². The molecule has 1 aliphatic carbocycles. The van der Waals surface area contributed by atoms with Crippen molar-refractivity contribution in [1.82, 2.24) is 0 Å². The minimum atomic E-state index is 0.816. The quantitative estimate of drug-likeness (QED) is 0.692. The Morgan fingerprint density at radius 1 is 1.50 bits per heavy atom. The number of allylic oxidation sites excluding steroid dienone is 2. The normalized spacial score (nSPS) is 23.4. The first-order valence-electron chi connectivity index (χ1n) is 6.76. The van der Waals surface area contributed by atoms with Crippen LogP contribution in [0.1, 0.15) is 46.0 Å². The summed E-state index contributed by atoms with van der Waals surface area (Å²) in [6, 6.07) is 0. The highest BCUT2D eigenvalue weighted by Gasteiger charge is 2.09. The molecule has 3 heteroatoms. The standard InChI is InChI=1S/C10H13BrN2.C5H10/c1-3-4-5-8-6-9(11)7-13-10(8)12-2;1-5-3-2-4-5/h5-7H,3-4H2,1-2H3;5H,2-4H2,1H3/b8-5-,12-10?;. The molecule has 2 aliphatic rings. The molecule has 0 spiro atoms. The van der Waals surface area contributed by atoms with Crippen molar-refractivity contribution in [3.63, 3.8) is 0 Å². The number of dihydropyridines is 1. The Bertz CT molecular complexity index is 374. The summed E-state index contributed by atoms with van der Waals surface area (Å²) in [5.74, 6) is 1.88. The molecule has 0 saturated heterocycles. The number of rotatable bonds is 2. The summed E-state index contributed by atoms with van der Waals surface area (Å²) in [7, 11) is 1.76. The maximum Gasteiger partial charge on any atom is 0.153 e. The number of hydrogen-bond donors (Lipinski definition) is 0. The van der Waals surface area contributed by atoms with Gasteiger partial charge in [0.15, 0.2) is 5.84 Å². The van der Waals surface area contributed by atoms with Crippen LogP contribution in [0, 0.1) is 5.92 Å². The highest BCUT2D eigenvalue weighted by Crippen LogP contribution is 2.24. The van der Waals surface area contributed by atoms with E-state index in [0.717, 1.165) is 34.7 Å². The molecule has 100 valence electrons. The molecule has 2 nitrogen and oxygen atoms in total. The number of nitrogens with zero attached hydrogens (tertiary/aromatic N) is 2. The molecule has 1 saturated carbocycles. The zero-order chi connectivity index (χ0) is 13.4. The van der Waals surface area contributed by atoms with Crippen molar-refractivity contribution in [2.75, 3.05) is 7.05 Å². The second kappa shape index (κ2) is 8.41. The number of unbranched alkanes of at least 4 members (excludes halogenated alkanes) is 1. The lowest BCUT2D eigenvalue weighted by Gasteiger charge is -2.18. The van der Waals surface area contributed by atoms with Crippen LogP contribution in [-0.2, 0) is 0 Å². The molecule has 1 fully saturated rings. The van der Waals surface area contributed by atoms with Crippen LogP contribution in [0.4, 0.5) is 0 Å². The van der Waals surface area contributed by atoms with Gasteiger partial charge >= 0.3 is 0 Å². The molecule has 1 aliphatic heterocycles. The van der Waals surface area contributed by atoms with E-state index in [2.05, 4.69) is 45.8 Å². The zero-order valence-electron chi connectivity index (χ0n) is 11.6. The molecule has 2 rings (SSSR count). The fraction of sp³-hybridized carbons (Fsp3) is 0.600. The predicted molar refractivity (Wildman–Crippen MR) is 84.9 cm³/mol. The summed E-state index contributed by atoms with van der Waals surface area (Å²) in [4.78, 5) is 8.31. The van der Waals surface area contributed by atoms with Crippen LogP contribution in [-0.4, -0.2) is 19.1 Å². The Labute approximate surface area is 119 Å². The fourth-order valence-corrected chi connectivity index (χ4v) is 2.05. The molecule has 18 heavy (non-hydrogen) atoms. The summed E-state index contributed by atoms with van der Waals surface area (Å²) >= 11 is 3.39. The van der Waals surface area contributed by atoms with Gasteiger partial charge in [-0.05, 0) is 34.3 Å². The second-order valence-electron chi connectivity index (χ2n) is 4.82. The van der Waals surface area contributed by atoms with E-state index in [1.165, 1.54) is 19.3 Å². The Hall–Kier alpha value is -0.700. The van der Waals surface area contributed by atoms with Gasteiger partial charge in [-0.2, -0.15) is 0 Å². The van der Waals surface area contributed by atoms with E-state index in [-0.39, 0.29) is 0 Å². The molecule has 0 radical (unpaired) electrons. The third kappa shape index (κ3) is 5.30. The van der Waals surface area contributed by atoms with E-state index in [4.69, 9.17) is 0 Å². The number of aliphatic imine (C=N–C) groups is 2. The summed E-state index contributed by atoms with van der Waals surface area (Å²) < 4.78 is 1.00. The van der Waals surface area contributed by atoms with Crippen molar-refractivity contribution in [2.24, 2.45) is 15.9 Å². The summed E-state index contributed by atoms with van der Waals surface area (Å²) in [5.41, 5.74) is 1.11. The third-order valence-electron chi connectivity index (χ3n) is 3.12. The van der Waals surface area contributed by atoms with E-state index in [0.29, 0.717) is 0 Å². The van der Waals surface area contributed by atoms with E-state index in [1.54, 1.807) is 13.3 Å². The zero-order valence-corrected chi connectivity index (χ0v) is 13.2. The van der Waals surface area contributed by atoms with Gasteiger partial charge in [0, 0.05) is 23.3 Å². The molecule has 0 aromatic heterocycles. The lowest BCUT2D eigenvalue weighted by Crippen LogP contribution is -2.04. The van der Waals surface area contributed by atoms with Gasteiger partial charge in [0.25, 0.3) is 0 Å². The molecule has 0 aromatic rings. The molecular formula is C15H23BrN2. The van der Waals surface area contributed by atoms with Crippen molar-refractivity contribution >= 4 is 28.0 Å². The van der Waals surface area contributed by atoms with Gasteiger partial charge in [-0.3, -0.25) is 4.99 Å². The van der Waals surface area contributed by atoms with Gasteiger partial charge in [-0.1, -0.05) is 45.6 Å². The third-order valence-corrected chi connectivity index (χ3v) is 3.55. The highest BCUT2D eigenvalue weighted by molar-refractivity contribution is 9.12. The minimum Gasteiger partial charge on any atom is -0.270 e. The van der Waals surface area contributed by atoms with Gasteiger partial charge in [-0.25, -0.2) is 4.99 Å². The average molecular weight is 311 g/mol. The number of amidine groups is 1. The molecule has 1 heterocycles. The molecule has 0 unspecified atom stereocenters. The van der Waals surface area contributed by atoms with Crippen molar-refractivity contribution < 1.29 is 0 Å². The predicted octanol–water partition coefficient (Wildman–Crippen LogP) is 4.91. The maximum absolute atomic E-state index is 4.20. The average Bonchev–Trinajstić information content (AvgIpc) is 2.35. The van der Waals surface area contributed by atoms with Gasteiger partial charge < -0.3 is 0 Å². The smallest absolute Gasteiger partial charge is 0.153 e. The van der Waals surface area contributed by atoms with E-state index >= 15 is 0 Å². The molecular weight excluding hydrogens is 288 g/mol. The van der Waals surface area contributed by atoms with Crippen LogP contribution in [0.15, 0.2) is 32.2 Å². The Balaban J connectivity index is 0.000000269. The molecule has 0 amide bonds. The van der Waals surface area contributed by atoms with E-state index in [1.807, 2.05) is 6.08 Å². The monoisotopic (exact) mass is 310 g/mol. The first-order valence-corrected chi connectivity index (χ1v) is 7.55. The first-order chi connectivity index (χ1) is 8.67. The Kier molecular flexibility index (Phi) is 7.18. The van der Waals surface area contributed by atoms with Crippen LogP contribution in [0.2, 0.25) is 0 Å². The lowest BCUT2D eigenvalue weighted by atomic mass is 9.88. The topological polar surface area (TPSA) is 24.7 Å². The Morgan fingerprint density at radius 2 is 2.17 bits per heavy atom. The highest BCUT2D eigenvalue weighted by atomic mass is 79.9. The van der Waals surface area contributed by atoms with Gasteiger partial charge in [0.2, 0.25) is 0 Å². The number of hydrogen-bond acceptors (Lipinski definition) is 1. The van der Waals surface area contributed by atoms with Crippen LogP contribution in [0.25, 0.3) is 0 Å². The molecule has 0 N–H and O–H groups in total. The van der Waals surface area contributed by atoms with Crippen molar-refractivity contribution in [3.8, 4) is 0 Å². The minimum absolute atomic E-state index is 0.816. The lowest BCUT2D eigenvalue weighted by molar-refractivity contribution is 0.346. The largest absolute Gasteiger partial charge is 0.270 e. The summed E-state index contributed by atoms with van der Waals surface area (Å²) in [6.45, 7) is 4.47. The maximum atomic E-state index is 4.20. The van der Waals surface area contributed by atoms with Crippen molar-refractivity contribution in [2.45, 2.75) is 46.0 Å². The Morgan fingerprint density at radius 3 is 2.61 bits per heavy atom. The SMILES string of the molecule is CC1CCC1.CCC/C=C1/C=C(Br)C=NC1=NC. The van der Waals surface area contributed by atoms with Gasteiger partial charge in [0.05, 0.1) is 0 Å². The van der Waals surface area contributed by atoms with Crippen LogP contribution in [0.3, 0.4) is 0 Å². The summed E-state index contributed by atoms with van der Waals surface area (Å²) in [6.07, 6.45) is 12.7. The number of halogens is 1.